The fourth-order valence-electron chi connectivity index (χ4n) is 2.40. The van der Waals surface area contributed by atoms with Crippen LogP contribution < -0.4 is 15.4 Å². The molecule has 0 bridgehead atoms. The second-order valence-electron chi connectivity index (χ2n) is 5.74. The Morgan fingerprint density at radius 2 is 1.84 bits per heavy atom. The van der Waals surface area contributed by atoms with Crippen molar-refractivity contribution in [3.63, 3.8) is 0 Å². The number of carbonyl (C=O) groups excluding carboxylic acids is 2. The lowest BCUT2D eigenvalue weighted by molar-refractivity contribution is -0.120. The number of anilines is 1. The van der Waals surface area contributed by atoms with E-state index in [9.17, 15) is 14.0 Å². The van der Waals surface area contributed by atoms with E-state index in [-0.39, 0.29) is 24.1 Å². The van der Waals surface area contributed by atoms with Gasteiger partial charge in [-0.05, 0) is 42.3 Å². The first-order valence-electron chi connectivity index (χ1n) is 7.86. The van der Waals surface area contributed by atoms with Crippen LogP contribution in [0.3, 0.4) is 0 Å². The summed E-state index contributed by atoms with van der Waals surface area (Å²) in [6.07, 6.45) is 0.0292. The summed E-state index contributed by atoms with van der Waals surface area (Å²) in [5, 5.41) is 5.41. The molecule has 0 heterocycles. The quantitative estimate of drug-likeness (QED) is 0.844. The molecular formula is C19H21FN2O3. The average Bonchev–Trinajstić information content (AvgIpc) is 2.57. The molecule has 6 heteroatoms. The van der Waals surface area contributed by atoms with Crippen LogP contribution in [0, 0.1) is 12.7 Å². The molecule has 1 atom stereocenters. The van der Waals surface area contributed by atoms with Crippen LogP contribution in [-0.4, -0.2) is 18.9 Å². The highest BCUT2D eigenvalue weighted by atomic mass is 19.1. The molecule has 0 radical (unpaired) electrons. The first kappa shape index (κ1) is 18.4. The molecule has 1 unspecified atom stereocenters. The molecule has 5 nitrogen and oxygen atoms in total. The van der Waals surface area contributed by atoms with E-state index in [2.05, 4.69) is 10.6 Å². The van der Waals surface area contributed by atoms with Crippen molar-refractivity contribution in [2.45, 2.75) is 26.3 Å². The first-order chi connectivity index (χ1) is 11.9. The molecular weight excluding hydrogens is 323 g/mol. The van der Waals surface area contributed by atoms with E-state index < -0.39 is 6.04 Å². The van der Waals surface area contributed by atoms with E-state index in [1.807, 2.05) is 0 Å². The number of rotatable bonds is 6. The van der Waals surface area contributed by atoms with Gasteiger partial charge < -0.3 is 15.4 Å². The topological polar surface area (TPSA) is 67.4 Å². The van der Waals surface area contributed by atoms with Crippen molar-refractivity contribution < 1.29 is 18.7 Å². The smallest absolute Gasteiger partial charge is 0.226 e. The number of hydrogen-bond donors (Lipinski definition) is 2. The van der Waals surface area contributed by atoms with Gasteiger partial charge in [-0.3, -0.25) is 9.59 Å². The van der Waals surface area contributed by atoms with Crippen molar-refractivity contribution in [2.75, 3.05) is 12.4 Å². The Morgan fingerprint density at radius 1 is 1.16 bits per heavy atom. The molecule has 132 valence electrons. The lowest BCUT2D eigenvalue weighted by Crippen LogP contribution is -2.29. The van der Waals surface area contributed by atoms with Crippen LogP contribution >= 0.6 is 0 Å². The Hall–Kier alpha value is -2.89. The van der Waals surface area contributed by atoms with Gasteiger partial charge in [0.15, 0.2) is 0 Å². The molecule has 2 N–H and O–H groups in total. The van der Waals surface area contributed by atoms with Crippen LogP contribution in [-0.2, 0) is 9.59 Å². The van der Waals surface area contributed by atoms with Crippen LogP contribution in [0.25, 0.3) is 0 Å². The van der Waals surface area contributed by atoms with E-state index in [0.29, 0.717) is 17.0 Å². The highest BCUT2D eigenvalue weighted by Gasteiger charge is 2.17. The van der Waals surface area contributed by atoms with Gasteiger partial charge in [0.2, 0.25) is 11.8 Å². The predicted octanol–water partition coefficient (Wildman–Crippen LogP) is 3.35. The molecule has 2 aromatic carbocycles. The van der Waals surface area contributed by atoms with Crippen LogP contribution in [0.15, 0.2) is 42.5 Å². The van der Waals surface area contributed by atoms with Crippen molar-refractivity contribution in [1.29, 1.82) is 0 Å². The number of hydrogen-bond acceptors (Lipinski definition) is 3. The fraction of sp³-hybridized carbons (Fsp3) is 0.263. The van der Waals surface area contributed by atoms with Crippen molar-refractivity contribution in [1.82, 2.24) is 5.32 Å². The van der Waals surface area contributed by atoms with Crippen molar-refractivity contribution in [3.8, 4) is 5.75 Å². The molecule has 0 aliphatic carbocycles. The Balaban J connectivity index is 2.10. The Kier molecular flexibility index (Phi) is 6.11. The molecule has 2 rings (SSSR count). The van der Waals surface area contributed by atoms with Gasteiger partial charge in [-0.15, -0.1) is 0 Å². The van der Waals surface area contributed by atoms with E-state index >= 15 is 0 Å². The minimum absolute atomic E-state index is 0.0292. The highest BCUT2D eigenvalue weighted by Crippen LogP contribution is 2.21. The second-order valence-corrected chi connectivity index (χ2v) is 5.74. The summed E-state index contributed by atoms with van der Waals surface area (Å²) in [4.78, 5) is 23.7. The maximum atomic E-state index is 13.6. The van der Waals surface area contributed by atoms with Gasteiger partial charge in [-0.2, -0.15) is 0 Å². The molecule has 2 amide bonds. The number of halogens is 1. The SMILES string of the molecule is COc1ccc(C(CC(=O)Nc2ccc(C)c(F)c2)NC(C)=O)cc1. The average molecular weight is 344 g/mol. The summed E-state index contributed by atoms with van der Waals surface area (Å²) >= 11 is 0. The molecule has 0 saturated heterocycles. The molecule has 0 aromatic heterocycles. The first-order valence-corrected chi connectivity index (χ1v) is 7.86. The van der Waals surface area contributed by atoms with Crippen molar-refractivity contribution in [2.24, 2.45) is 0 Å². The number of amides is 2. The number of nitrogens with one attached hydrogen (secondary N) is 2. The van der Waals surface area contributed by atoms with Gasteiger partial charge in [0, 0.05) is 12.6 Å². The van der Waals surface area contributed by atoms with Crippen molar-refractivity contribution in [3.05, 3.63) is 59.4 Å². The lowest BCUT2D eigenvalue weighted by Gasteiger charge is -2.18. The van der Waals surface area contributed by atoms with Crippen molar-refractivity contribution >= 4 is 17.5 Å². The Morgan fingerprint density at radius 3 is 2.40 bits per heavy atom. The van der Waals surface area contributed by atoms with Gasteiger partial charge in [0.25, 0.3) is 0 Å². The number of aryl methyl sites for hydroxylation is 1. The maximum absolute atomic E-state index is 13.6. The summed E-state index contributed by atoms with van der Waals surface area (Å²) < 4.78 is 18.7. The fourth-order valence-corrected chi connectivity index (χ4v) is 2.40. The third kappa shape index (κ3) is 5.31. The molecule has 2 aromatic rings. The maximum Gasteiger partial charge on any atom is 0.226 e. The Labute approximate surface area is 146 Å². The zero-order valence-electron chi connectivity index (χ0n) is 14.4. The van der Waals surface area contributed by atoms with Crippen LogP contribution in [0.5, 0.6) is 5.75 Å². The minimum atomic E-state index is -0.487. The number of carbonyl (C=O) groups is 2. The Bertz CT molecular complexity index is 760. The zero-order chi connectivity index (χ0) is 18.4. The molecule has 0 saturated carbocycles. The largest absolute Gasteiger partial charge is 0.497 e. The molecule has 0 aliphatic rings. The second kappa shape index (κ2) is 8.28. The third-order valence-electron chi connectivity index (χ3n) is 3.74. The lowest BCUT2D eigenvalue weighted by atomic mass is 10.0. The van der Waals surface area contributed by atoms with E-state index in [1.165, 1.54) is 13.0 Å². The van der Waals surface area contributed by atoms with E-state index in [1.54, 1.807) is 50.4 Å². The van der Waals surface area contributed by atoms with Crippen LogP contribution in [0.4, 0.5) is 10.1 Å². The van der Waals surface area contributed by atoms with Gasteiger partial charge in [0.1, 0.15) is 11.6 Å². The zero-order valence-corrected chi connectivity index (χ0v) is 14.4. The number of ether oxygens (including phenoxy) is 1. The monoisotopic (exact) mass is 344 g/mol. The number of benzene rings is 2. The van der Waals surface area contributed by atoms with E-state index in [0.717, 1.165) is 5.56 Å². The summed E-state index contributed by atoms with van der Waals surface area (Å²) in [5.41, 5.74) is 1.66. The van der Waals surface area contributed by atoms with Gasteiger partial charge in [-0.25, -0.2) is 4.39 Å². The van der Waals surface area contributed by atoms with Crippen LogP contribution in [0.2, 0.25) is 0 Å². The molecule has 0 spiro atoms. The molecule has 0 fully saturated rings. The standard InChI is InChI=1S/C19H21FN2O3/c1-12-4-7-15(10-17(12)20)22-19(24)11-18(21-13(2)23)14-5-8-16(25-3)9-6-14/h4-10,18H,11H2,1-3H3,(H,21,23)(H,22,24). The van der Waals surface area contributed by atoms with Gasteiger partial charge in [-0.1, -0.05) is 18.2 Å². The normalized spacial score (nSPS) is 11.5. The summed E-state index contributed by atoms with van der Waals surface area (Å²) in [6, 6.07) is 11.1. The van der Waals surface area contributed by atoms with E-state index in [4.69, 9.17) is 4.74 Å². The summed E-state index contributed by atoms with van der Waals surface area (Å²) in [7, 11) is 1.56. The molecule has 25 heavy (non-hydrogen) atoms. The summed E-state index contributed by atoms with van der Waals surface area (Å²) in [5.74, 6) is -0.260. The molecule has 0 aliphatic heterocycles. The summed E-state index contributed by atoms with van der Waals surface area (Å²) in [6.45, 7) is 3.04. The number of methoxy groups -OCH3 is 1. The minimum Gasteiger partial charge on any atom is -0.497 e. The third-order valence-corrected chi connectivity index (χ3v) is 3.74. The predicted molar refractivity (Wildman–Crippen MR) is 93.9 cm³/mol. The van der Waals surface area contributed by atoms with Gasteiger partial charge >= 0.3 is 0 Å². The highest BCUT2D eigenvalue weighted by molar-refractivity contribution is 5.91. The van der Waals surface area contributed by atoms with Gasteiger partial charge in [0.05, 0.1) is 19.6 Å². The van der Waals surface area contributed by atoms with Crippen LogP contribution in [0.1, 0.15) is 30.5 Å².